The predicted octanol–water partition coefficient (Wildman–Crippen LogP) is 2.83. The van der Waals surface area contributed by atoms with Gasteiger partial charge in [-0.2, -0.15) is 0 Å². The minimum Gasteiger partial charge on any atom is -0.478 e. The molecule has 1 atom stereocenters. The standard InChI is InChI=1S/C14H17FN2O3/c1-8(7-9-5-6-9)16-14(20)17-11-4-2-3-10(15)12(11)13(18)19/h2-4,8-9H,5-7H2,1H3,(H,18,19)(H2,16,17,20). The van der Waals surface area contributed by atoms with E-state index in [-0.39, 0.29) is 11.7 Å². The van der Waals surface area contributed by atoms with E-state index in [1.807, 2.05) is 6.92 Å². The van der Waals surface area contributed by atoms with Gasteiger partial charge in [-0.3, -0.25) is 0 Å². The van der Waals surface area contributed by atoms with Crippen LogP contribution in [0, 0.1) is 11.7 Å². The van der Waals surface area contributed by atoms with Crippen LogP contribution in [-0.4, -0.2) is 23.1 Å². The van der Waals surface area contributed by atoms with Crippen LogP contribution in [0.15, 0.2) is 18.2 Å². The molecule has 0 aliphatic heterocycles. The summed E-state index contributed by atoms with van der Waals surface area (Å²) in [6.07, 6.45) is 3.30. The Bertz CT molecular complexity index is 529. The maximum Gasteiger partial charge on any atom is 0.340 e. The summed E-state index contributed by atoms with van der Waals surface area (Å²) < 4.78 is 13.4. The quantitative estimate of drug-likeness (QED) is 0.776. The van der Waals surface area contributed by atoms with Gasteiger partial charge < -0.3 is 15.7 Å². The molecule has 1 aliphatic carbocycles. The highest BCUT2D eigenvalue weighted by Gasteiger charge is 2.24. The van der Waals surface area contributed by atoms with Crippen molar-refractivity contribution in [1.82, 2.24) is 5.32 Å². The summed E-state index contributed by atoms with van der Waals surface area (Å²) in [5.41, 5.74) is -0.578. The summed E-state index contributed by atoms with van der Waals surface area (Å²) in [6, 6.07) is 3.24. The van der Waals surface area contributed by atoms with Crippen molar-refractivity contribution < 1.29 is 19.1 Å². The number of halogens is 1. The van der Waals surface area contributed by atoms with Crippen molar-refractivity contribution in [2.75, 3.05) is 5.32 Å². The number of aromatic carboxylic acids is 1. The van der Waals surface area contributed by atoms with Crippen molar-refractivity contribution in [3.05, 3.63) is 29.6 Å². The van der Waals surface area contributed by atoms with Gasteiger partial charge in [0.2, 0.25) is 0 Å². The molecule has 1 fully saturated rings. The molecule has 0 saturated heterocycles. The van der Waals surface area contributed by atoms with Gasteiger partial charge >= 0.3 is 12.0 Å². The largest absolute Gasteiger partial charge is 0.478 e. The molecule has 3 N–H and O–H groups in total. The van der Waals surface area contributed by atoms with Crippen LogP contribution in [0.1, 0.15) is 36.5 Å². The van der Waals surface area contributed by atoms with Gasteiger partial charge in [0.15, 0.2) is 0 Å². The highest BCUT2D eigenvalue weighted by molar-refractivity contribution is 6.00. The number of anilines is 1. The van der Waals surface area contributed by atoms with E-state index in [0.717, 1.165) is 12.5 Å². The number of hydrogen-bond acceptors (Lipinski definition) is 2. The summed E-state index contributed by atoms with van der Waals surface area (Å²) in [4.78, 5) is 22.8. The number of amides is 2. The second kappa shape index (κ2) is 5.90. The molecule has 0 spiro atoms. The van der Waals surface area contributed by atoms with Crippen LogP contribution in [0.2, 0.25) is 0 Å². The topological polar surface area (TPSA) is 78.4 Å². The van der Waals surface area contributed by atoms with Crippen molar-refractivity contribution in [3.8, 4) is 0 Å². The summed E-state index contributed by atoms with van der Waals surface area (Å²) >= 11 is 0. The molecule has 0 bridgehead atoms. The highest BCUT2D eigenvalue weighted by Crippen LogP contribution is 2.33. The minimum absolute atomic E-state index is 0.00402. The lowest BCUT2D eigenvalue weighted by Crippen LogP contribution is -2.36. The summed E-state index contributed by atoms with van der Waals surface area (Å²) in [6.45, 7) is 1.89. The van der Waals surface area contributed by atoms with E-state index >= 15 is 0 Å². The molecule has 20 heavy (non-hydrogen) atoms. The zero-order chi connectivity index (χ0) is 14.7. The average molecular weight is 280 g/mol. The number of benzene rings is 1. The lowest BCUT2D eigenvalue weighted by molar-refractivity contribution is 0.0693. The fourth-order valence-electron chi connectivity index (χ4n) is 2.14. The Morgan fingerprint density at radius 1 is 1.45 bits per heavy atom. The predicted molar refractivity (Wildman–Crippen MR) is 72.3 cm³/mol. The molecule has 0 radical (unpaired) electrons. The fraction of sp³-hybridized carbons (Fsp3) is 0.429. The number of rotatable bonds is 5. The molecule has 2 amide bonds. The van der Waals surface area contributed by atoms with Crippen molar-refractivity contribution in [1.29, 1.82) is 0 Å². The first kappa shape index (κ1) is 14.3. The molecule has 2 rings (SSSR count). The van der Waals surface area contributed by atoms with E-state index in [9.17, 15) is 14.0 Å². The van der Waals surface area contributed by atoms with Crippen LogP contribution in [0.25, 0.3) is 0 Å². The number of carboxylic acids is 1. The molecule has 1 unspecified atom stereocenters. The molecule has 0 heterocycles. The van der Waals surface area contributed by atoms with Gasteiger partial charge in [-0.25, -0.2) is 14.0 Å². The maximum absolute atomic E-state index is 13.4. The van der Waals surface area contributed by atoms with E-state index < -0.39 is 23.4 Å². The van der Waals surface area contributed by atoms with Crippen molar-refractivity contribution in [3.63, 3.8) is 0 Å². The molecular weight excluding hydrogens is 263 g/mol. The second-order valence-corrected chi connectivity index (χ2v) is 5.15. The van der Waals surface area contributed by atoms with Gasteiger partial charge in [-0.05, 0) is 31.4 Å². The van der Waals surface area contributed by atoms with Gasteiger partial charge in [-0.1, -0.05) is 18.9 Å². The number of urea groups is 1. The molecule has 1 aromatic rings. The van der Waals surface area contributed by atoms with Crippen LogP contribution in [-0.2, 0) is 0 Å². The Balaban J connectivity index is 1.99. The second-order valence-electron chi connectivity index (χ2n) is 5.15. The average Bonchev–Trinajstić information content (AvgIpc) is 3.11. The molecule has 1 aromatic carbocycles. The van der Waals surface area contributed by atoms with Crippen molar-refractivity contribution in [2.24, 2.45) is 5.92 Å². The van der Waals surface area contributed by atoms with Crippen LogP contribution >= 0.6 is 0 Å². The number of carbonyl (C=O) groups is 2. The third-order valence-electron chi connectivity index (χ3n) is 3.24. The first-order chi connectivity index (χ1) is 9.47. The Labute approximate surface area is 116 Å². The van der Waals surface area contributed by atoms with E-state index in [4.69, 9.17) is 5.11 Å². The number of carbonyl (C=O) groups excluding carboxylic acids is 1. The van der Waals surface area contributed by atoms with Crippen LogP contribution in [0.4, 0.5) is 14.9 Å². The Hall–Kier alpha value is -2.11. The normalized spacial score (nSPS) is 15.5. The lowest BCUT2D eigenvalue weighted by atomic mass is 10.1. The molecule has 108 valence electrons. The van der Waals surface area contributed by atoms with Gasteiger partial charge in [0.05, 0.1) is 5.69 Å². The summed E-state index contributed by atoms with van der Waals surface area (Å²) in [5, 5.41) is 14.1. The fourth-order valence-corrected chi connectivity index (χ4v) is 2.14. The molecular formula is C14H17FN2O3. The Morgan fingerprint density at radius 2 is 2.15 bits per heavy atom. The zero-order valence-corrected chi connectivity index (χ0v) is 11.1. The zero-order valence-electron chi connectivity index (χ0n) is 11.1. The van der Waals surface area contributed by atoms with Crippen LogP contribution in [0.3, 0.4) is 0 Å². The summed E-state index contributed by atoms with van der Waals surface area (Å²) in [7, 11) is 0. The Kier molecular flexibility index (Phi) is 4.22. The SMILES string of the molecule is CC(CC1CC1)NC(=O)Nc1cccc(F)c1C(=O)O. The lowest BCUT2D eigenvalue weighted by Gasteiger charge is -2.15. The molecule has 1 aliphatic rings. The van der Waals surface area contributed by atoms with Crippen molar-refractivity contribution >= 4 is 17.7 Å². The number of nitrogens with one attached hydrogen (secondary N) is 2. The third-order valence-corrected chi connectivity index (χ3v) is 3.24. The van der Waals surface area contributed by atoms with Crippen molar-refractivity contribution in [2.45, 2.75) is 32.2 Å². The van der Waals surface area contributed by atoms with E-state index in [1.165, 1.54) is 25.0 Å². The summed E-state index contributed by atoms with van der Waals surface area (Å²) in [5.74, 6) is -1.61. The number of carboxylic acid groups (broad SMARTS) is 1. The minimum atomic E-state index is -1.41. The van der Waals surface area contributed by atoms with Gasteiger partial charge in [0, 0.05) is 6.04 Å². The first-order valence-electron chi connectivity index (χ1n) is 6.56. The van der Waals surface area contributed by atoms with E-state index in [0.29, 0.717) is 5.92 Å². The molecule has 5 nitrogen and oxygen atoms in total. The third kappa shape index (κ3) is 3.69. The molecule has 1 saturated carbocycles. The van der Waals surface area contributed by atoms with Gasteiger partial charge in [0.25, 0.3) is 0 Å². The van der Waals surface area contributed by atoms with E-state index in [1.54, 1.807) is 0 Å². The highest BCUT2D eigenvalue weighted by atomic mass is 19.1. The van der Waals surface area contributed by atoms with E-state index in [2.05, 4.69) is 10.6 Å². The van der Waals surface area contributed by atoms with Crippen LogP contribution in [0.5, 0.6) is 0 Å². The monoisotopic (exact) mass is 280 g/mol. The first-order valence-corrected chi connectivity index (χ1v) is 6.56. The Morgan fingerprint density at radius 3 is 2.75 bits per heavy atom. The maximum atomic E-state index is 13.4. The van der Waals surface area contributed by atoms with Gasteiger partial charge in [-0.15, -0.1) is 0 Å². The molecule has 6 heteroatoms. The molecule has 0 aromatic heterocycles. The smallest absolute Gasteiger partial charge is 0.340 e. The van der Waals surface area contributed by atoms with Crippen LogP contribution < -0.4 is 10.6 Å². The van der Waals surface area contributed by atoms with Gasteiger partial charge in [0.1, 0.15) is 11.4 Å². The number of hydrogen-bond donors (Lipinski definition) is 3.